The van der Waals surface area contributed by atoms with Gasteiger partial charge in [0.25, 0.3) is 0 Å². The van der Waals surface area contributed by atoms with Crippen LogP contribution in [0.4, 0.5) is 5.69 Å². The minimum atomic E-state index is 0.230. The Balaban J connectivity index is 1.56. The number of para-hydroxylation sites is 1. The van der Waals surface area contributed by atoms with Gasteiger partial charge in [0.2, 0.25) is 5.91 Å². The summed E-state index contributed by atoms with van der Waals surface area (Å²) in [5.41, 5.74) is 2.38. The molecule has 1 saturated heterocycles. The van der Waals surface area contributed by atoms with Gasteiger partial charge in [-0.25, -0.2) is 0 Å². The Hall–Kier alpha value is -2.29. The number of amides is 1. The number of hydrogen-bond donors (Lipinski definition) is 1. The molecule has 1 fully saturated rings. The van der Waals surface area contributed by atoms with Gasteiger partial charge in [-0.05, 0) is 37.5 Å². The molecule has 0 aromatic heterocycles. The second-order valence-electron chi connectivity index (χ2n) is 6.32. The molecule has 3 heteroatoms. The number of benzene rings is 2. The maximum absolute atomic E-state index is 12.5. The minimum Gasteiger partial charge on any atom is -0.382 e. The van der Waals surface area contributed by atoms with E-state index >= 15 is 0 Å². The highest BCUT2D eigenvalue weighted by Gasteiger charge is 2.30. The van der Waals surface area contributed by atoms with Crippen molar-refractivity contribution in [2.45, 2.75) is 38.3 Å². The van der Waals surface area contributed by atoms with Crippen molar-refractivity contribution in [3.8, 4) is 0 Å². The van der Waals surface area contributed by atoms with Crippen LogP contribution in [0.5, 0.6) is 0 Å². The summed E-state index contributed by atoms with van der Waals surface area (Å²) in [5, 5.41) is 3.49. The lowest BCUT2D eigenvalue weighted by atomic mass is 9.96. The van der Waals surface area contributed by atoms with Gasteiger partial charge in [0.1, 0.15) is 0 Å². The van der Waals surface area contributed by atoms with Gasteiger partial charge in [-0.3, -0.25) is 4.79 Å². The molecule has 2 aromatic rings. The maximum atomic E-state index is 12.5. The molecule has 0 saturated carbocycles. The fourth-order valence-corrected chi connectivity index (χ4v) is 3.32. The summed E-state index contributed by atoms with van der Waals surface area (Å²) < 4.78 is 0. The molecule has 1 heterocycles. The van der Waals surface area contributed by atoms with Crippen LogP contribution in [0.25, 0.3) is 0 Å². The number of anilines is 1. The summed E-state index contributed by atoms with van der Waals surface area (Å²) in [6.45, 7) is 2.96. The molecule has 1 N–H and O–H groups in total. The molecule has 3 nitrogen and oxygen atoms in total. The van der Waals surface area contributed by atoms with E-state index in [9.17, 15) is 4.79 Å². The van der Waals surface area contributed by atoms with Crippen molar-refractivity contribution in [2.75, 3.05) is 11.9 Å². The quantitative estimate of drug-likeness (QED) is 0.913. The lowest BCUT2D eigenvalue weighted by Gasteiger charge is -2.38. The summed E-state index contributed by atoms with van der Waals surface area (Å²) in [6.07, 6.45) is 2.50. The van der Waals surface area contributed by atoms with Crippen molar-refractivity contribution in [3.05, 3.63) is 66.2 Å². The zero-order valence-electron chi connectivity index (χ0n) is 13.6. The zero-order chi connectivity index (χ0) is 16.1. The molecule has 2 aromatic carbocycles. The van der Waals surface area contributed by atoms with Crippen molar-refractivity contribution in [1.82, 2.24) is 4.90 Å². The van der Waals surface area contributed by atoms with Gasteiger partial charge in [-0.15, -0.1) is 0 Å². The Morgan fingerprint density at radius 1 is 1.04 bits per heavy atom. The summed E-state index contributed by atoms with van der Waals surface area (Å²) in [4.78, 5) is 14.6. The van der Waals surface area contributed by atoms with Gasteiger partial charge < -0.3 is 10.2 Å². The number of carbonyl (C=O) groups excluding carboxylic acids is 1. The van der Waals surface area contributed by atoms with Crippen molar-refractivity contribution in [1.29, 1.82) is 0 Å². The summed E-state index contributed by atoms with van der Waals surface area (Å²) in [5.74, 6) is 0.258. The Morgan fingerprint density at radius 2 is 1.70 bits per heavy atom. The number of nitrogens with one attached hydrogen (secondary N) is 1. The molecule has 0 bridgehead atoms. The summed E-state index contributed by atoms with van der Waals surface area (Å²) in [6, 6.07) is 21.0. The second kappa shape index (κ2) is 7.32. The van der Waals surface area contributed by atoms with Crippen molar-refractivity contribution in [3.63, 3.8) is 0 Å². The van der Waals surface area contributed by atoms with Crippen molar-refractivity contribution >= 4 is 11.6 Å². The number of piperidine rings is 1. The first-order valence-electron chi connectivity index (χ1n) is 8.37. The molecule has 0 radical (unpaired) electrons. The topological polar surface area (TPSA) is 32.3 Å². The van der Waals surface area contributed by atoms with Crippen LogP contribution >= 0.6 is 0 Å². The predicted molar refractivity (Wildman–Crippen MR) is 94.4 cm³/mol. The van der Waals surface area contributed by atoms with Crippen LogP contribution in [-0.2, 0) is 11.2 Å². The first-order chi connectivity index (χ1) is 11.2. The number of likely N-dealkylation sites (tertiary alicyclic amines) is 1. The van der Waals surface area contributed by atoms with Crippen molar-refractivity contribution < 1.29 is 4.79 Å². The van der Waals surface area contributed by atoms with E-state index in [0.29, 0.717) is 6.42 Å². The number of nitrogens with zero attached hydrogens (tertiary/aromatic N) is 1. The van der Waals surface area contributed by atoms with E-state index < -0.39 is 0 Å². The molecule has 1 aliphatic rings. The van der Waals surface area contributed by atoms with Gasteiger partial charge in [0.15, 0.2) is 0 Å². The van der Waals surface area contributed by atoms with E-state index in [4.69, 9.17) is 0 Å². The van der Waals surface area contributed by atoms with E-state index in [1.165, 1.54) is 5.56 Å². The smallest absolute Gasteiger partial charge is 0.224 e. The molecule has 23 heavy (non-hydrogen) atoms. The standard InChI is InChI=1S/C20H24N2O/c1-16-14-19(21-18-10-6-3-7-11-18)15-20(23)22(16)13-12-17-8-4-2-5-9-17/h2-11,16,19,21H,12-15H2,1H3. The minimum absolute atomic E-state index is 0.230. The third-order valence-electron chi connectivity index (χ3n) is 4.53. The van der Waals surface area contributed by atoms with Crippen LogP contribution in [0.15, 0.2) is 60.7 Å². The highest BCUT2D eigenvalue weighted by Crippen LogP contribution is 2.22. The van der Waals surface area contributed by atoms with E-state index in [2.05, 4.69) is 48.6 Å². The van der Waals surface area contributed by atoms with Crippen LogP contribution in [0.1, 0.15) is 25.3 Å². The second-order valence-corrected chi connectivity index (χ2v) is 6.32. The fraction of sp³-hybridized carbons (Fsp3) is 0.350. The van der Waals surface area contributed by atoms with Crippen LogP contribution in [-0.4, -0.2) is 29.4 Å². The average Bonchev–Trinajstić information content (AvgIpc) is 2.56. The molecule has 2 atom stereocenters. The van der Waals surface area contributed by atoms with E-state index in [-0.39, 0.29) is 18.0 Å². The van der Waals surface area contributed by atoms with Crippen LogP contribution < -0.4 is 5.32 Å². The average molecular weight is 308 g/mol. The van der Waals surface area contributed by atoms with E-state index in [1.807, 2.05) is 29.2 Å². The molecule has 0 aliphatic carbocycles. The molecule has 1 amide bonds. The molecular weight excluding hydrogens is 284 g/mol. The van der Waals surface area contributed by atoms with Crippen LogP contribution in [0.3, 0.4) is 0 Å². The summed E-state index contributed by atoms with van der Waals surface area (Å²) in [7, 11) is 0. The lowest BCUT2D eigenvalue weighted by Crippen LogP contribution is -2.49. The van der Waals surface area contributed by atoms with Gasteiger partial charge >= 0.3 is 0 Å². The SMILES string of the molecule is CC1CC(Nc2ccccc2)CC(=O)N1CCc1ccccc1. The maximum Gasteiger partial charge on any atom is 0.224 e. The predicted octanol–water partition coefficient (Wildman–Crippen LogP) is 3.72. The summed E-state index contributed by atoms with van der Waals surface area (Å²) >= 11 is 0. The highest BCUT2D eigenvalue weighted by molar-refractivity contribution is 5.78. The van der Waals surface area contributed by atoms with Crippen LogP contribution in [0.2, 0.25) is 0 Å². The molecule has 3 rings (SSSR count). The van der Waals surface area contributed by atoms with E-state index in [1.54, 1.807) is 0 Å². The number of hydrogen-bond acceptors (Lipinski definition) is 2. The monoisotopic (exact) mass is 308 g/mol. The van der Waals surface area contributed by atoms with Gasteiger partial charge in [-0.1, -0.05) is 48.5 Å². The van der Waals surface area contributed by atoms with Crippen molar-refractivity contribution in [2.24, 2.45) is 0 Å². The Morgan fingerprint density at radius 3 is 2.35 bits per heavy atom. The highest BCUT2D eigenvalue weighted by atomic mass is 16.2. The van der Waals surface area contributed by atoms with Gasteiger partial charge in [0, 0.05) is 30.7 Å². The molecule has 120 valence electrons. The molecule has 1 aliphatic heterocycles. The molecular formula is C20H24N2O. The Labute approximate surface area is 138 Å². The molecule has 0 spiro atoms. The largest absolute Gasteiger partial charge is 0.382 e. The van der Waals surface area contributed by atoms with E-state index in [0.717, 1.165) is 25.1 Å². The first-order valence-corrected chi connectivity index (χ1v) is 8.37. The Kier molecular flexibility index (Phi) is 4.96. The number of carbonyl (C=O) groups is 1. The third-order valence-corrected chi connectivity index (χ3v) is 4.53. The fourth-order valence-electron chi connectivity index (χ4n) is 3.32. The third kappa shape index (κ3) is 4.13. The van der Waals surface area contributed by atoms with Crippen LogP contribution in [0, 0.1) is 0 Å². The first kappa shape index (κ1) is 15.6. The van der Waals surface area contributed by atoms with Gasteiger partial charge in [0.05, 0.1) is 0 Å². The lowest BCUT2D eigenvalue weighted by molar-refractivity contribution is -0.136. The molecule has 2 unspecified atom stereocenters. The number of rotatable bonds is 5. The van der Waals surface area contributed by atoms with Gasteiger partial charge in [-0.2, -0.15) is 0 Å². The normalized spacial score (nSPS) is 21.3. The Bertz CT molecular complexity index is 627. The zero-order valence-corrected chi connectivity index (χ0v) is 13.6.